The van der Waals surface area contributed by atoms with Crippen LogP contribution < -0.4 is 10.6 Å². The molecule has 7 heteroatoms. The molecule has 0 unspecified atom stereocenters. The summed E-state index contributed by atoms with van der Waals surface area (Å²) >= 11 is 12.1. The first kappa shape index (κ1) is 22.1. The third-order valence-electron chi connectivity index (χ3n) is 4.03. The molecule has 1 aromatic rings. The van der Waals surface area contributed by atoms with Crippen molar-refractivity contribution in [3.63, 3.8) is 0 Å². The summed E-state index contributed by atoms with van der Waals surface area (Å²) in [7, 11) is 6.15. The molecule has 0 spiro atoms. The molecule has 0 bridgehead atoms. The predicted octanol–water partition coefficient (Wildman–Crippen LogP) is 3.90. The molecular formula is C18H33Cl2N5. The summed E-state index contributed by atoms with van der Waals surface area (Å²) in [5.74, 6) is 0.837. The lowest BCUT2D eigenvalue weighted by molar-refractivity contribution is 0.389. The maximum absolute atomic E-state index is 6.10. The molecule has 0 fully saturated rings. The van der Waals surface area contributed by atoms with Crippen molar-refractivity contribution < 1.29 is 0 Å². The van der Waals surface area contributed by atoms with Crippen LogP contribution >= 0.6 is 23.2 Å². The lowest BCUT2D eigenvalue weighted by atomic mass is 10.1. The van der Waals surface area contributed by atoms with Crippen LogP contribution in [0.2, 0.25) is 10.2 Å². The van der Waals surface area contributed by atoms with Gasteiger partial charge in [0, 0.05) is 25.8 Å². The fourth-order valence-electron chi connectivity index (χ4n) is 2.53. The number of hydrogen-bond donors (Lipinski definition) is 2. The minimum atomic E-state index is 0.544. The van der Waals surface area contributed by atoms with Crippen LogP contribution in [0.3, 0.4) is 0 Å². The Morgan fingerprint density at radius 1 is 1.12 bits per heavy atom. The van der Waals surface area contributed by atoms with Crippen molar-refractivity contribution in [3.8, 4) is 0 Å². The number of aromatic nitrogens is 1. The zero-order valence-electron chi connectivity index (χ0n) is 16.0. The minimum Gasteiger partial charge on any atom is -0.357 e. The Bertz CT molecular complexity index is 526. The summed E-state index contributed by atoms with van der Waals surface area (Å²) in [5, 5.41) is 7.80. The van der Waals surface area contributed by atoms with E-state index in [1.54, 1.807) is 0 Å². The van der Waals surface area contributed by atoms with E-state index in [-0.39, 0.29) is 0 Å². The van der Waals surface area contributed by atoms with Gasteiger partial charge in [-0.15, -0.1) is 0 Å². The average Bonchev–Trinajstić information content (AvgIpc) is 2.81. The van der Waals surface area contributed by atoms with Crippen LogP contribution in [0.5, 0.6) is 0 Å². The lowest BCUT2D eigenvalue weighted by Crippen LogP contribution is -2.37. The maximum atomic E-state index is 6.10. The second kappa shape index (κ2) is 12.4. The largest absolute Gasteiger partial charge is 0.357 e. The molecule has 0 aliphatic carbocycles. The molecule has 5 nitrogen and oxygen atoms in total. The highest BCUT2D eigenvalue weighted by Gasteiger charge is 2.08. The van der Waals surface area contributed by atoms with Crippen LogP contribution in [-0.2, 0) is 13.6 Å². The van der Waals surface area contributed by atoms with Gasteiger partial charge >= 0.3 is 0 Å². The van der Waals surface area contributed by atoms with Gasteiger partial charge in [0.05, 0.1) is 11.6 Å². The molecule has 0 saturated heterocycles. The Balaban J connectivity index is 2.30. The van der Waals surface area contributed by atoms with Crippen molar-refractivity contribution in [2.75, 3.05) is 33.7 Å². The number of hydrogen-bond acceptors (Lipinski definition) is 2. The third-order valence-corrected chi connectivity index (χ3v) is 4.88. The molecule has 0 atom stereocenters. The van der Waals surface area contributed by atoms with Crippen molar-refractivity contribution in [1.29, 1.82) is 0 Å². The number of nitrogens with one attached hydrogen (secondary N) is 2. The first-order valence-corrected chi connectivity index (χ1v) is 9.87. The quantitative estimate of drug-likeness (QED) is 0.342. The fourth-order valence-corrected chi connectivity index (χ4v) is 2.95. The predicted molar refractivity (Wildman–Crippen MR) is 110 cm³/mol. The van der Waals surface area contributed by atoms with E-state index in [1.165, 1.54) is 32.2 Å². The minimum absolute atomic E-state index is 0.544. The summed E-state index contributed by atoms with van der Waals surface area (Å²) in [6.07, 6.45) is 6.30. The Morgan fingerprint density at radius 2 is 1.80 bits per heavy atom. The van der Waals surface area contributed by atoms with Crippen LogP contribution in [0, 0.1) is 0 Å². The molecule has 1 heterocycles. The molecular weight excluding hydrogens is 357 g/mol. The van der Waals surface area contributed by atoms with E-state index in [2.05, 4.69) is 41.5 Å². The van der Waals surface area contributed by atoms with Crippen molar-refractivity contribution in [2.24, 2.45) is 12.0 Å². The molecule has 0 aromatic carbocycles. The van der Waals surface area contributed by atoms with E-state index in [1.807, 2.05) is 17.7 Å². The highest BCUT2D eigenvalue weighted by atomic mass is 35.5. The highest BCUT2D eigenvalue weighted by Crippen LogP contribution is 2.25. The van der Waals surface area contributed by atoms with Gasteiger partial charge in [0.15, 0.2) is 5.96 Å². The third kappa shape index (κ3) is 8.84. The molecule has 2 N–H and O–H groups in total. The van der Waals surface area contributed by atoms with Gasteiger partial charge in [-0.1, -0.05) is 42.5 Å². The van der Waals surface area contributed by atoms with Gasteiger partial charge < -0.3 is 20.1 Å². The first-order chi connectivity index (χ1) is 12.0. The number of guanidine groups is 1. The summed E-state index contributed by atoms with van der Waals surface area (Å²) < 4.78 is 1.87. The van der Waals surface area contributed by atoms with Crippen LogP contribution in [-0.4, -0.2) is 49.2 Å². The number of halogens is 2. The second-order valence-electron chi connectivity index (χ2n) is 6.53. The molecule has 0 radical (unpaired) electrons. The van der Waals surface area contributed by atoms with Crippen LogP contribution in [0.4, 0.5) is 0 Å². The summed E-state index contributed by atoms with van der Waals surface area (Å²) in [5.41, 5.74) is 0.994. The van der Waals surface area contributed by atoms with E-state index in [9.17, 15) is 0 Å². The summed E-state index contributed by atoms with van der Waals surface area (Å²) in [6, 6.07) is 1.87. The second-order valence-corrected chi connectivity index (χ2v) is 7.29. The smallest absolute Gasteiger partial charge is 0.191 e. The Hall–Kier alpha value is -0.910. The monoisotopic (exact) mass is 389 g/mol. The van der Waals surface area contributed by atoms with Crippen LogP contribution in [0.25, 0.3) is 0 Å². The Morgan fingerprint density at radius 3 is 2.40 bits per heavy atom. The van der Waals surface area contributed by atoms with E-state index < -0.39 is 0 Å². The zero-order chi connectivity index (χ0) is 18.7. The first-order valence-electron chi connectivity index (χ1n) is 9.12. The van der Waals surface area contributed by atoms with Gasteiger partial charge in [-0.3, -0.25) is 0 Å². The van der Waals surface area contributed by atoms with E-state index in [4.69, 9.17) is 23.2 Å². The Labute approximate surface area is 162 Å². The van der Waals surface area contributed by atoms with E-state index in [0.717, 1.165) is 31.2 Å². The van der Waals surface area contributed by atoms with Crippen molar-refractivity contribution in [3.05, 3.63) is 21.9 Å². The lowest BCUT2D eigenvalue weighted by Gasteiger charge is -2.12. The van der Waals surface area contributed by atoms with Gasteiger partial charge in [0.25, 0.3) is 0 Å². The van der Waals surface area contributed by atoms with Crippen LogP contribution in [0.15, 0.2) is 11.1 Å². The van der Waals surface area contributed by atoms with Crippen molar-refractivity contribution in [1.82, 2.24) is 20.1 Å². The fraction of sp³-hybridized carbons (Fsp3) is 0.722. The molecule has 0 aliphatic heterocycles. The van der Waals surface area contributed by atoms with Gasteiger partial charge in [-0.25, -0.2) is 4.99 Å². The normalized spacial score (nSPS) is 12.0. The number of nitrogens with zero attached hydrogens (tertiary/aromatic N) is 3. The molecule has 0 aliphatic rings. The Kier molecular flexibility index (Phi) is 11.0. The summed E-state index contributed by atoms with van der Waals surface area (Å²) in [4.78, 5) is 6.86. The van der Waals surface area contributed by atoms with Gasteiger partial charge in [-0.05, 0) is 46.5 Å². The van der Waals surface area contributed by atoms with Gasteiger partial charge in [-0.2, -0.15) is 0 Å². The van der Waals surface area contributed by atoms with Crippen molar-refractivity contribution in [2.45, 2.75) is 45.6 Å². The standard InChI is InChI=1S/C18H33Cl2N5/c1-5-21-18(22-11-9-7-6-8-10-12-24(2)3)23-14-15-13-16(19)17(20)25(15)4/h13H,5-12,14H2,1-4H3,(H2,21,22,23). The molecule has 1 aromatic heterocycles. The topological polar surface area (TPSA) is 44.6 Å². The molecule has 0 saturated carbocycles. The highest BCUT2D eigenvalue weighted by molar-refractivity contribution is 6.41. The van der Waals surface area contributed by atoms with Gasteiger partial charge in [0.2, 0.25) is 0 Å². The number of unbranched alkanes of at least 4 members (excludes halogenated alkanes) is 4. The number of rotatable bonds is 11. The van der Waals surface area contributed by atoms with Crippen molar-refractivity contribution >= 4 is 29.2 Å². The van der Waals surface area contributed by atoms with E-state index in [0.29, 0.717) is 16.7 Å². The molecule has 0 amide bonds. The average molecular weight is 390 g/mol. The van der Waals surface area contributed by atoms with Gasteiger partial charge in [0.1, 0.15) is 5.15 Å². The zero-order valence-corrected chi connectivity index (χ0v) is 17.6. The summed E-state index contributed by atoms with van der Waals surface area (Å²) in [6.45, 7) is 5.57. The SMILES string of the molecule is CCNC(=NCc1cc(Cl)c(Cl)n1C)NCCCCCCCN(C)C. The van der Waals surface area contributed by atoms with Crippen LogP contribution in [0.1, 0.15) is 44.7 Å². The molecule has 25 heavy (non-hydrogen) atoms. The van der Waals surface area contributed by atoms with E-state index >= 15 is 0 Å². The number of aliphatic imine (C=N–C) groups is 1. The maximum Gasteiger partial charge on any atom is 0.191 e. The molecule has 144 valence electrons. The molecule has 1 rings (SSSR count).